The summed E-state index contributed by atoms with van der Waals surface area (Å²) in [5, 5.41) is 5.84. The van der Waals surface area contributed by atoms with Crippen molar-refractivity contribution in [2.75, 3.05) is 13.1 Å². The summed E-state index contributed by atoms with van der Waals surface area (Å²) in [5.74, 6) is 0. The summed E-state index contributed by atoms with van der Waals surface area (Å²) in [7, 11) is 0. The molecule has 2 N–H and O–H groups in total. The van der Waals surface area contributed by atoms with Crippen molar-refractivity contribution in [2.45, 2.75) is 32.7 Å². The molecule has 3 heteroatoms. The van der Waals surface area contributed by atoms with Crippen LogP contribution in [0.15, 0.2) is 0 Å². The molecule has 3 nitrogen and oxygen atoms in total. The molecule has 0 saturated carbocycles. The number of rotatable bonds is 2. The zero-order chi connectivity index (χ0) is 8.53. The minimum atomic E-state index is 0.382. The van der Waals surface area contributed by atoms with Crippen LogP contribution in [0.2, 0.25) is 0 Å². The lowest BCUT2D eigenvalue weighted by atomic mass is 10.3. The van der Waals surface area contributed by atoms with Gasteiger partial charge in [0.25, 0.3) is 0 Å². The normalized spacial score (nSPS) is 21.8. The van der Waals surface area contributed by atoms with Crippen molar-refractivity contribution < 1.29 is 4.79 Å². The van der Waals surface area contributed by atoms with Crippen LogP contribution >= 0.6 is 0 Å². The minimum absolute atomic E-state index is 0.382. The van der Waals surface area contributed by atoms with Crippen molar-refractivity contribution in [2.24, 2.45) is 0 Å². The second kappa shape index (κ2) is 7.54. The summed E-state index contributed by atoms with van der Waals surface area (Å²) < 4.78 is 0. The molecular formula is C8H18N2O. The standard InChI is InChI=1S/C5H10N2O.C3H8/c8-4-7-5-1-2-6-3-5;1-3-2/h4-6H,1-3H2,(H,7,8);3H2,1-2H3. The molecule has 1 heterocycles. The molecule has 0 bridgehead atoms. The molecule has 0 radical (unpaired) electrons. The molecule has 1 rings (SSSR count). The molecule has 0 aromatic rings. The quantitative estimate of drug-likeness (QED) is 0.575. The lowest BCUT2D eigenvalue weighted by Gasteiger charge is -2.02. The molecule has 1 saturated heterocycles. The van der Waals surface area contributed by atoms with Gasteiger partial charge in [-0.15, -0.1) is 0 Å². The first-order valence-corrected chi connectivity index (χ1v) is 4.25. The van der Waals surface area contributed by atoms with Crippen LogP contribution in [0.25, 0.3) is 0 Å². The van der Waals surface area contributed by atoms with Gasteiger partial charge in [0.1, 0.15) is 0 Å². The molecule has 0 aromatic heterocycles. The van der Waals surface area contributed by atoms with Crippen LogP contribution in [0.4, 0.5) is 0 Å². The van der Waals surface area contributed by atoms with E-state index in [0.29, 0.717) is 6.04 Å². The second-order valence-electron chi connectivity index (χ2n) is 2.68. The van der Waals surface area contributed by atoms with E-state index >= 15 is 0 Å². The zero-order valence-corrected chi connectivity index (χ0v) is 7.39. The predicted molar refractivity (Wildman–Crippen MR) is 46.4 cm³/mol. The highest BCUT2D eigenvalue weighted by Gasteiger charge is 2.11. The van der Waals surface area contributed by atoms with Crippen LogP contribution in [-0.2, 0) is 4.79 Å². The fraction of sp³-hybridized carbons (Fsp3) is 0.875. The Morgan fingerprint density at radius 2 is 2.27 bits per heavy atom. The Hall–Kier alpha value is -0.570. The maximum atomic E-state index is 9.82. The number of hydrogen-bond donors (Lipinski definition) is 2. The van der Waals surface area contributed by atoms with Gasteiger partial charge in [-0.1, -0.05) is 20.3 Å². The Morgan fingerprint density at radius 3 is 2.64 bits per heavy atom. The molecule has 0 aromatic carbocycles. The summed E-state index contributed by atoms with van der Waals surface area (Å²) in [6.45, 7) is 6.21. The van der Waals surface area contributed by atoms with Crippen LogP contribution in [0, 0.1) is 0 Å². The van der Waals surface area contributed by atoms with Gasteiger partial charge in [-0.25, -0.2) is 0 Å². The van der Waals surface area contributed by atoms with Crippen LogP contribution in [0.3, 0.4) is 0 Å². The molecule has 66 valence electrons. The number of carbonyl (C=O) groups excluding carboxylic acids is 1. The van der Waals surface area contributed by atoms with Gasteiger partial charge >= 0.3 is 0 Å². The number of carbonyl (C=O) groups is 1. The summed E-state index contributed by atoms with van der Waals surface area (Å²) in [6.07, 6.45) is 3.08. The van der Waals surface area contributed by atoms with Gasteiger partial charge in [0.2, 0.25) is 6.41 Å². The van der Waals surface area contributed by atoms with E-state index < -0.39 is 0 Å². The fourth-order valence-electron chi connectivity index (χ4n) is 0.893. The van der Waals surface area contributed by atoms with Crippen molar-refractivity contribution in [3.05, 3.63) is 0 Å². The lowest BCUT2D eigenvalue weighted by molar-refractivity contribution is -0.110. The first kappa shape index (κ1) is 10.4. The number of amides is 1. The van der Waals surface area contributed by atoms with Crippen LogP contribution in [0.5, 0.6) is 0 Å². The van der Waals surface area contributed by atoms with Crippen molar-refractivity contribution in [3.8, 4) is 0 Å². The minimum Gasteiger partial charge on any atom is -0.355 e. The van der Waals surface area contributed by atoms with Crippen molar-refractivity contribution in [3.63, 3.8) is 0 Å². The van der Waals surface area contributed by atoms with E-state index in [4.69, 9.17) is 0 Å². The summed E-state index contributed by atoms with van der Waals surface area (Å²) in [5.41, 5.74) is 0. The molecule has 0 aliphatic carbocycles. The molecule has 1 aliphatic rings. The zero-order valence-electron chi connectivity index (χ0n) is 7.39. The number of hydrogen-bond acceptors (Lipinski definition) is 2. The van der Waals surface area contributed by atoms with E-state index in [1.165, 1.54) is 6.42 Å². The monoisotopic (exact) mass is 158 g/mol. The third-order valence-electron chi connectivity index (χ3n) is 1.36. The van der Waals surface area contributed by atoms with E-state index in [1.807, 2.05) is 0 Å². The maximum absolute atomic E-state index is 9.82. The molecule has 1 unspecified atom stereocenters. The third-order valence-corrected chi connectivity index (χ3v) is 1.36. The Morgan fingerprint density at radius 1 is 1.64 bits per heavy atom. The van der Waals surface area contributed by atoms with Gasteiger partial charge in [-0.3, -0.25) is 4.79 Å². The average molecular weight is 158 g/mol. The topological polar surface area (TPSA) is 41.1 Å². The fourth-order valence-corrected chi connectivity index (χ4v) is 0.893. The Labute approximate surface area is 68.6 Å². The highest BCUT2D eigenvalue weighted by Crippen LogP contribution is 1.93. The highest BCUT2D eigenvalue weighted by atomic mass is 16.1. The Bertz CT molecular complexity index is 90.1. The Balaban J connectivity index is 0.000000292. The van der Waals surface area contributed by atoms with E-state index in [9.17, 15) is 4.79 Å². The van der Waals surface area contributed by atoms with Crippen LogP contribution in [0.1, 0.15) is 26.7 Å². The van der Waals surface area contributed by atoms with Crippen molar-refractivity contribution in [1.29, 1.82) is 0 Å². The first-order chi connectivity index (χ1) is 5.35. The summed E-state index contributed by atoms with van der Waals surface area (Å²) in [4.78, 5) is 9.82. The molecule has 1 fully saturated rings. The van der Waals surface area contributed by atoms with E-state index in [2.05, 4.69) is 24.5 Å². The lowest BCUT2D eigenvalue weighted by Crippen LogP contribution is -2.29. The van der Waals surface area contributed by atoms with Gasteiger partial charge < -0.3 is 10.6 Å². The molecule has 1 amide bonds. The average Bonchev–Trinajstić information content (AvgIpc) is 2.42. The van der Waals surface area contributed by atoms with Crippen LogP contribution < -0.4 is 10.6 Å². The molecule has 11 heavy (non-hydrogen) atoms. The first-order valence-electron chi connectivity index (χ1n) is 4.25. The molecule has 0 spiro atoms. The number of nitrogens with one attached hydrogen (secondary N) is 2. The van der Waals surface area contributed by atoms with Gasteiger partial charge in [0.15, 0.2) is 0 Å². The van der Waals surface area contributed by atoms with Crippen molar-refractivity contribution in [1.82, 2.24) is 10.6 Å². The second-order valence-corrected chi connectivity index (χ2v) is 2.68. The molecular weight excluding hydrogens is 140 g/mol. The van der Waals surface area contributed by atoms with E-state index in [-0.39, 0.29) is 0 Å². The Kier molecular flexibility index (Phi) is 7.15. The van der Waals surface area contributed by atoms with E-state index in [0.717, 1.165) is 25.9 Å². The molecule has 1 aliphatic heterocycles. The predicted octanol–water partition coefficient (Wildman–Crippen LogP) is 0.511. The largest absolute Gasteiger partial charge is 0.355 e. The smallest absolute Gasteiger partial charge is 0.207 e. The van der Waals surface area contributed by atoms with Crippen molar-refractivity contribution >= 4 is 6.41 Å². The van der Waals surface area contributed by atoms with E-state index in [1.54, 1.807) is 0 Å². The summed E-state index contributed by atoms with van der Waals surface area (Å²) >= 11 is 0. The summed E-state index contributed by atoms with van der Waals surface area (Å²) in [6, 6.07) is 0.382. The molecule has 1 atom stereocenters. The van der Waals surface area contributed by atoms with Gasteiger partial charge in [-0.05, 0) is 13.0 Å². The van der Waals surface area contributed by atoms with Gasteiger partial charge in [-0.2, -0.15) is 0 Å². The third kappa shape index (κ3) is 5.85. The van der Waals surface area contributed by atoms with Gasteiger partial charge in [0, 0.05) is 12.6 Å². The highest BCUT2D eigenvalue weighted by molar-refractivity contribution is 5.46. The van der Waals surface area contributed by atoms with Crippen LogP contribution in [-0.4, -0.2) is 25.5 Å². The SMILES string of the molecule is CCC.O=CNC1CCNC1. The van der Waals surface area contributed by atoms with Gasteiger partial charge in [0.05, 0.1) is 0 Å². The maximum Gasteiger partial charge on any atom is 0.207 e.